The molecule has 2 aromatic carbocycles. The predicted molar refractivity (Wildman–Crippen MR) is 84.4 cm³/mol. The van der Waals surface area contributed by atoms with Gasteiger partial charge in [0, 0.05) is 22.7 Å². The lowest BCUT2D eigenvalue weighted by atomic mass is 10.0. The summed E-state index contributed by atoms with van der Waals surface area (Å²) in [6, 6.07) is 12.4. The molecule has 0 aromatic heterocycles. The topological polar surface area (TPSA) is 21.3 Å². The fraction of sp³-hybridized carbons (Fsp3) is 0.294. The third kappa shape index (κ3) is 3.74. The van der Waals surface area contributed by atoms with Gasteiger partial charge in [-0.2, -0.15) is 0 Å². The molecule has 0 heterocycles. The van der Waals surface area contributed by atoms with Gasteiger partial charge in [-0.05, 0) is 37.6 Å². The van der Waals surface area contributed by atoms with Crippen LogP contribution in [0.25, 0.3) is 0 Å². The molecule has 0 saturated heterocycles. The zero-order valence-electron chi connectivity index (χ0n) is 12.4. The van der Waals surface area contributed by atoms with E-state index in [4.69, 9.17) is 16.3 Å². The number of rotatable bonds is 5. The Morgan fingerprint density at radius 3 is 2.38 bits per heavy atom. The van der Waals surface area contributed by atoms with Crippen molar-refractivity contribution in [3.8, 4) is 5.75 Å². The number of hydrogen-bond acceptors (Lipinski definition) is 2. The maximum Gasteiger partial charge on any atom is 0.124 e. The maximum atomic E-state index is 13.1. The summed E-state index contributed by atoms with van der Waals surface area (Å²) in [5.41, 5.74) is 1.95. The van der Waals surface area contributed by atoms with Crippen LogP contribution in [0.3, 0.4) is 0 Å². The van der Waals surface area contributed by atoms with Gasteiger partial charge in [0.25, 0.3) is 0 Å². The van der Waals surface area contributed by atoms with Gasteiger partial charge in [0.05, 0.1) is 7.11 Å². The van der Waals surface area contributed by atoms with Crippen molar-refractivity contribution in [2.45, 2.75) is 25.9 Å². The second-order valence-electron chi connectivity index (χ2n) is 5.02. The lowest BCUT2D eigenvalue weighted by Gasteiger charge is -2.23. The third-order valence-corrected chi connectivity index (χ3v) is 3.86. The average Bonchev–Trinajstić information content (AvgIpc) is 2.46. The Labute approximate surface area is 129 Å². The average molecular weight is 308 g/mol. The van der Waals surface area contributed by atoms with E-state index in [-0.39, 0.29) is 17.9 Å². The van der Waals surface area contributed by atoms with E-state index in [0.29, 0.717) is 5.02 Å². The third-order valence-electron chi connectivity index (χ3n) is 3.53. The van der Waals surface area contributed by atoms with E-state index in [1.54, 1.807) is 13.2 Å². The molecule has 2 atom stereocenters. The van der Waals surface area contributed by atoms with Gasteiger partial charge in [-0.15, -0.1) is 0 Å². The van der Waals surface area contributed by atoms with Crippen LogP contribution in [0.4, 0.5) is 4.39 Å². The fourth-order valence-corrected chi connectivity index (χ4v) is 2.76. The Morgan fingerprint density at radius 2 is 1.71 bits per heavy atom. The van der Waals surface area contributed by atoms with Gasteiger partial charge < -0.3 is 10.1 Å². The molecule has 0 fully saturated rings. The van der Waals surface area contributed by atoms with Crippen molar-refractivity contribution in [3.05, 3.63) is 64.4 Å². The summed E-state index contributed by atoms with van der Waals surface area (Å²) in [7, 11) is 1.66. The zero-order valence-corrected chi connectivity index (χ0v) is 13.1. The van der Waals surface area contributed by atoms with Crippen LogP contribution in [-0.4, -0.2) is 7.11 Å². The first-order valence-corrected chi connectivity index (χ1v) is 7.24. The monoisotopic (exact) mass is 307 g/mol. The highest BCUT2D eigenvalue weighted by Gasteiger charge is 2.16. The van der Waals surface area contributed by atoms with Gasteiger partial charge in [-0.3, -0.25) is 0 Å². The Balaban J connectivity index is 2.16. The minimum atomic E-state index is -0.325. The summed E-state index contributed by atoms with van der Waals surface area (Å²) >= 11 is 6.11. The summed E-state index contributed by atoms with van der Waals surface area (Å²) in [5, 5.41) is 3.89. The molecule has 0 aliphatic rings. The molecular weight excluding hydrogens is 289 g/mol. The van der Waals surface area contributed by atoms with Crippen molar-refractivity contribution in [1.82, 2.24) is 5.32 Å². The lowest BCUT2D eigenvalue weighted by Crippen LogP contribution is -2.23. The van der Waals surface area contributed by atoms with Crippen molar-refractivity contribution < 1.29 is 9.13 Å². The first-order chi connectivity index (χ1) is 10.0. The number of ether oxygens (including phenoxy) is 1. The molecule has 0 amide bonds. The molecule has 0 aliphatic heterocycles. The largest absolute Gasteiger partial charge is 0.496 e. The molecule has 1 N–H and O–H groups in total. The molecule has 2 nitrogen and oxygen atoms in total. The molecule has 2 aromatic rings. The highest BCUT2D eigenvalue weighted by atomic mass is 35.5. The van der Waals surface area contributed by atoms with Gasteiger partial charge in [0.2, 0.25) is 0 Å². The fourth-order valence-electron chi connectivity index (χ4n) is 2.43. The van der Waals surface area contributed by atoms with Crippen LogP contribution in [0.5, 0.6) is 5.75 Å². The normalized spacial score (nSPS) is 13.8. The van der Waals surface area contributed by atoms with Crippen molar-refractivity contribution >= 4 is 11.6 Å². The molecule has 2 unspecified atom stereocenters. The molecule has 0 saturated carbocycles. The second-order valence-corrected chi connectivity index (χ2v) is 5.43. The van der Waals surface area contributed by atoms with E-state index in [1.807, 2.05) is 31.2 Å². The minimum Gasteiger partial charge on any atom is -0.496 e. The molecule has 0 aliphatic carbocycles. The maximum absolute atomic E-state index is 13.1. The van der Waals surface area contributed by atoms with Crippen molar-refractivity contribution in [3.63, 3.8) is 0 Å². The summed E-state index contributed by atoms with van der Waals surface area (Å²) < 4.78 is 18.5. The molecular formula is C17H19ClFNO. The van der Waals surface area contributed by atoms with Crippen LogP contribution in [0.15, 0.2) is 42.5 Å². The summed E-state index contributed by atoms with van der Waals surface area (Å²) in [4.78, 5) is 0. The minimum absolute atomic E-state index is 0.00184. The zero-order chi connectivity index (χ0) is 15.4. The number of halogens is 2. The van der Waals surface area contributed by atoms with Gasteiger partial charge in [-0.25, -0.2) is 4.39 Å². The SMILES string of the molecule is COc1ccccc1C(C)NC(C)c1ccc(F)cc1Cl. The van der Waals surface area contributed by atoms with Gasteiger partial charge in [0.1, 0.15) is 11.6 Å². The first kappa shape index (κ1) is 15.8. The summed E-state index contributed by atoms with van der Waals surface area (Å²) in [6.45, 7) is 4.07. The molecule has 21 heavy (non-hydrogen) atoms. The Morgan fingerprint density at radius 1 is 1.05 bits per heavy atom. The van der Waals surface area contributed by atoms with Crippen LogP contribution in [0.2, 0.25) is 5.02 Å². The van der Waals surface area contributed by atoms with E-state index >= 15 is 0 Å². The quantitative estimate of drug-likeness (QED) is 0.848. The van der Waals surface area contributed by atoms with Crippen LogP contribution in [0.1, 0.15) is 37.1 Å². The van der Waals surface area contributed by atoms with Gasteiger partial charge >= 0.3 is 0 Å². The van der Waals surface area contributed by atoms with Crippen molar-refractivity contribution in [2.24, 2.45) is 0 Å². The van der Waals surface area contributed by atoms with Crippen molar-refractivity contribution in [2.75, 3.05) is 7.11 Å². The molecule has 0 spiro atoms. The van der Waals surface area contributed by atoms with E-state index in [0.717, 1.165) is 16.9 Å². The highest BCUT2D eigenvalue weighted by Crippen LogP contribution is 2.29. The van der Waals surface area contributed by atoms with Gasteiger partial charge in [0.15, 0.2) is 0 Å². The molecule has 0 radical (unpaired) electrons. The highest BCUT2D eigenvalue weighted by molar-refractivity contribution is 6.31. The number of methoxy groups -OCH3 is 1. The number of nitrogens with one attached hydrogen (secondary N) is 1. The molecule has 112 valence electrons. The first-order valence-electron chi connectivity index (χ1n) is 6.87. The standard InChI is InChI=1S/C17H19ClFNO/c1-11(14-9-8-13(19)10-16(14)18)20-12(2)15-6-4-5-7-17(15)21-3/h4-12,20H,1-3H3. The molecule has 2 rings (SSSR count). The Hall–Kier alpha value is -1.58. The summed E-state index contributed by atoms with van der Waals surface area (Å²) in [5.74, 6) is 0.517. The summed E-state index contributed by atoms with van der Waals surface area (Å²) in [6.07, 6.45) is 0. The van der Waals surface area contributed by atoms with Crippen molar-refractivity contribution in [1.29, 1.82) is 0 Å². The number of hydrogen-bond donors (Lipinski definition) is 1. The van der Waals surface area contributed by atoms with E-state index < -0.39 is 0 Å². The smallest absolute Gasteiger partial charge is 0.124 e. The Bertz CT molecular complexity index is 617. The van der Waals surface area contributed by atoms with E-state index in [2.05, 4.69) is 12.2 Å². The van der Waals surface area contributed by atoms with E-state index in [1.165, 1.54) is 12.1 Å². The molecule has 4 heteroatoms. The van der Waals surface area contributed by atoms with Gasteiger partial charge in [-0.1, -0.05) is 35.9 Å². The van der Waals surface area contributed by atoms with Crippen LogP contribution in [-0.2, 0) is 0 Å². The van der Waals surface area contributed by atoms with E-state index in [9.17, 15) is 4.39 Å². The predicted octanol–water partition coefficient (Wildman–Crippen LogP) is 4.90. The van der Waals surface area contributed by atoms with Crippen LogP contribution in [0, 0.1) is 5.82 Å². The lowest BCUT2D eigenvalue weighted by molar-refractivity contribution is 0.396. The number of benzene rings is 2. The number of para-hydroxylation sites is 1. The second kappa shape index (κ2) is 6.92. The Kier molecular flexibility index (Phi) is 5.21. The van der Waals surface area contributed by atoms with Crippen LogP contribution < -0.4 is 10.1 Å². The molecule has 0 bridgehead atoms. The van der Waals surface area contributed by atoms with Crippen LogP contribution >= 0.6 is 11.6 Å².